The molecule has 1 aromatic heterocycles. The SMILES string of the molecule is C[C@H](NC(=O)Nc1cccc2cccnc12)C(=O)O. The molecule has 0 aliphatic rings. The number of fused-ring (bicyclic) bond motifs is 1. The molecule has 1 aromatic carbocycles. The lowest BCUT2D eigenvalue weighted by Crippen LogP contribution is -2.40. The van der Waals surface area contributed by atoms with E-state index in [1.54, 1.807) is 24.4 Å². The number of carbonyl (C=O) groups excluding carboxylic acids is 1. The van der Waals surface area contributed by atoms with Gasteiger partial charge in [-0.15, -0.1) is 0 Å². The van der Waals surface area contributed by atoms with Crippen molar-refractivity contribution in [2.45, 2.75) is 13.0 Å². The number of amides is 2. The van der Waals surface area contributed by atoms with E-state index in [1.807, 2.05) is 12.1 Å². The highest BCUT2D eigenvalue weighted by Crippen LogP contribution is 2.20. The van der Waals surface area contributed by atoms with Crippen molar-refractivity contribution in [2.24, 2.45) is 0 Å². The van der Waals surface area contributed by atoms with Crippen LogP contribution in [0.4, 0.5) is 10.5 Å². The molecule has 0 unspecified atom stereocenters. The Labute approximate surface area is 109 Å². The summed E-state index contributed by atoms with van der Waals surface area (Å²) in [4.78, 5) is 26.5. The molecule has 2 amide bonds. The van der Waals surface area contributed by atoms with Crippen molar-refractivity contribution in [1.29, 1.82) is 0 Å². The quantitative estimate of drug-likeness (QED) is 0.784. The summed E-state index contributed by atoms with van der Waals surface area (Å²) in [6, 6.07) is 7.53. The fourth-order valence-corrected chi connectivity index (χ4v) is 1.62. The molecule has 1 atom stereocenters. The van der Waals surface area contributed by atoms with E-state index >= 15 is 0 Å². The van der Waals surface area contributed by atoms with Crippen molar-refractivity contribution in [3.8, 4) is 0 Å². The first-order chi connectivity index (χ1) is 9.08. The molecule has 0 aliphatic heterocycles. The molecule has 0 spiro atoms. The predicted octanol–water partition coefficient (Wildman–Crippen LogP) is 1.83. The third-order valence-corrected chi connectivity index (χ3v) is 2.60. The number of para-hydroxylation sites is 1. The Balaban J connectivity index is 2.17. The van der Waals surface area contributed by atoms with Crippen LogP contribution in [0.2, 0.25) is 0 Å². The number of pyridine rings is 1. The fraction of sp³-hybridized carbons (Fsp3) is 0.154. The second-order valence-electron chi connectivity index (χ2n) is 4.04. The van der Waals surface area contributed by atoms with Gasteiger partial charge in [-0.1, -0.05) is 18.2 Å². The van der Waals surface area contributed by atoms with E-state index in [0.717, 1.165) is 5.39 Å². The van der Waals surface area contributed by atoms with Crippen LogP contribution in [0.15, 0.2) is 36.5 Å². The second kappa shape index (κ2) is 5.34. The number of benzene rings is 1. The monoisotopic (exact) mass is 259 g/mol. The number of anilines is 1. The average molecular weight is 259 g/mol. The highest BCUT2D eigenvalue weighted by atomic mass is 16.4. The number of hydrogen-bond acceptors (Lipinski definition) is 3. The number of carbonyl (C=O) groups is 2. The van der Waals surface area contributed by atoms with Crippen LogP contribution < -0.4 is 10.6 Å². The topological polar surface area (TPSA) is 91.3 Å². The Morgan fingerprint density at radius 3 is 2.74 bits per heavy atom. The molecule has 0 fully saturated rings. The zero-order valence-electron chi connectivity index (χ0n) is 10.3. The van der Waals surface area contributed by atoms with Gasteiger partial charge in [-0.25, -0.2) is 4.79 Å². The van der Waals surface area contributed by atoms with Crippen molar-refractivity contribution in [2.75, 3.05) is 5.32 Å². The summed E-state index contributed by atoms with van der Waals surface area (Å²) in [5, 5.41) is 14.5. The van der Waals surface area contributed by atoms with Crippen LogP contribution in [0, 0.1) is 0 Å². The third-order valence-electron chi connectivity index (χ3n) is 2.60. The zero-order chi connectivity index (χ0) is 13.8. The van der Waals surface area contributed by atoms with E-state index in [1.165, 1.54) is 6.92 Å². The number of hydrogen-bond donors (Lipinski definition) is 3. The van der Waals surface area contributed by atoms with Crippen LogP contribution in [0.1, 0.15) is 6.92 Å². The van der Waals surface area contributed by atoms with Crippen molar-refractivity contribution in [1.82, 2.24) is 10.3 Å². The summed E-state index contributed by atoms with van der Waals surface area (Å²) in [6.07, 6.45) is 1.63. The highest BCUT2D eigenvalue weighted by molar-refractivity contribution is 6.00. The van der Waals surface area contributed by atoms with E-state index < -0.39 is 18.0 Å². The lowest BCUT2D eigenvalue weighted by atomic mass is 10.2. The normalized spacial score (nSPS) is 11.8. The maximum absolute atomic E-state index is 11.7. The van der Waals surface area contributed by atoms with Gasteiger partial charge in [-0.05, 0) is 19.1 Å². The summed E-state index contributed by atoms with van der Waals surface area (Å²) in [5.74, 6) is -1.09. The van der Waals surface area contributed by atoms with E-state index in [9.17, 15) is 9.59 Å². The molecule has 6 nitrogen and oxygen atoms in total. The lowest BCUT2D eigenvalue weighted by molar-refractivity contribution is -0.138. The maximum atomic E-state index is 11.7. The minimum absolute atomic E-state index is 0.535. The maximum Gasteiger partial charge on any atom is 0.325 e. The van der Waals surface area contributed by atoms with Gasteiger partial charge >= 0.3 is 12.0 Å². The Morgan fingerprint density at radius 1 is 1.26 bits per heavy atom. The van der Waals surface area contributed by atoms with Gasteiger partial charge in [0.15, 0.2) is 0 Å². The van der Waals surface area contributed by atoms with Crippen LogP contribution in [0.3, 0.4) is 0 Å². The summed E-state index contributed by atoms with van der Waals surface area (Å²) in [6.45, 7) is 1.39. The molecule has 19 heavy (non-hydrogen) atoms. The van der Waals surface area contributed by atoms with Gasteiger partial charge in [0, 0.05) is 11.6 Å². The van der Waals surface area contributed by atoms with E-state index in [4.69, 9.17) is 5.11 Å². The van der Waals surface area contributed by atoms with Gasteiger partial charge in [0.05, 0.1) is 11.2 Å². The molecule has 98 valence electrons. The summed E-state index contributed by atoms with van der Waals surface area (Å²) >= 11 is 0. The van der Waals surface area contributed by atoms with Gasteiger partial charge in [0.25, 0.3) is 0 Å². The minimum atomic E-state index is -1.09. The summed E-state index contributed by atoms with van der Waals surface area (Å²) < 4.78 is 0. The number of carboxylic acids is 1. The number of nitrogens with zero attached hydrogens (tertiary/aromatic N) is 1. The minimum Gasteiger partial charge on any atom is -0.480 e. The first-order valence-electron chi connectivity index (χ1n) is 5.72. The molecule has 2 rings (SSSR count). The Kier molecular flexibility index (Phi) is 3.61. The molecular weight excluding hydrogens is 246 g/mol. The fourth-order valence-electron chi connectivity index (χ4n) is 1.62. The smallest absolute Gasteiger partial charge is 0.325 e. The van der Waals surface area contributed by atoms with Crippen LogP contribution in [0.25, 0.3) is 10.9 Å². The number of nitrogens with one attached hydrogen (secondary N) is 2. The molecule has 2 aromatic rings. The molecule has 0 bridgehead atoms. The standard InChI is InChI=1S/C13H13N3O3/c1-8(12(17)18)15-13(19)16-10-6-2-4-9-5-3-7-14-11(9)10/h2-8H,1H3,(H,17,18)(H2,15,16,19)/t8-/m0/s1. The van der Waals surface area contributed by atoms with Crippen molar-refractivity contribution >= 4 is 28.6 Å². The Hall–Kier alpha value is -2.63. The van der Waals surface area contributed by atoms with Crippen LogP contribution in [0.5, 0.6) is 0 Å². The molecule has 0 saturated carbocycles. The van der Waals surface area contributed by atoms with Crippen molar-refractivity contribution in [3.05, 3.63) is 36.5 Å². The average Bonchev–Trinajstić information content (AvgIpc) is 2.39. The van der Waals surface area contributed by atoms with Gasteiger partial charge in [0.2, 0.25) is 0 Å². The van der Waals surface area contributed by atoms with Crippen molar-refractivity contribution < 1.29 is 14.7 Å². The van der Waals surface area contributed by atoms with Crippen LogP contribution in [-0.2, 0) is 4.79 Å². The van der Waals surface area contributed by atoms with Gasteiger partial charge < -0.3 is 15.7 Å². The zero-order valence-corrected chi connectivity index (χ0v) is 10.3. The number of carboxylic acid groups (broad SMARTS) is 1. The van der Waals surface area contributed by atoms with Gasteiger partial charge in [0.1, 0.15) is 6.04 Å². The van der Waals surface area contributed by atoms with Crippen LogP contribution in [-0.4, -0.2) is 28.1 Å². The highest BCUT2D eigenvalue weighted by Gasteiger charge is 2.14. The lowest BCUT2D eigenvalue weighted by Gasteiger charge is -2.11. The van der Waals surface area contributed by atoms with Crippen LogP contribution >= 0.6 is 0 Å². The van der Waals surface area contributed by atoms with E-state index in [0.29, 0.717) is 11.2 Å². The van der Waals surface area contributed by atoms with E-state index in [2.05, 4.69) is 15.6 Å². The molecule has 0 saturated heterocycles. The van der Waals surface area contributed by atoms with E-state index in [-0.39, 0.29) is 0 Å². The number of aliphatic carboxylic acids is 1. The number of urea groups is 1. The van der Waals surface area contributed by atoms with Crippen molar-refractivity contribution in [3.63, 3.8) is 0 Å². The molecule has 1 heterocycles. The van der Waals surface area contributed by atoms with Gasteiger partial charge in [-0.3, -0.25) is 9.78 Å². The Morgan fingerprint density at radius 2 is 2.00 bits per heavy atom. The third kappa shape index (κ3) is 2.98. The predicted molar refractivity (Wildman–Crippen MR) is 71.0 cm³/mol. The molecule has 0 radical (unpaired) electrons. The second-order valence-corrected chi connectivity index (χ2v) is 4.04. The summed E-state index contributed by atoms with van der Waals surface area (Å²) in [5.41, 5.74) is 1.19. The Bertz CT molecular complexity index is 622. The first-order valence-corrected chi connectivity index (χ1v) is 5.72. The molecule has 0 aliphatic carbocycles. The van der Waals surface area contributed by atoms with Gasteiger partial charge in [-0.2, -0.15) is 0 Å². The number of rotatable bonds is 3. The first kappa shape index (κ1) is 12.8. The number of aromatic nitrogens is 1. The largest absolute Gasteiger partial charge is 0.480 e. The molecule has 3 N–H and O–H groups in total. The summed E-state index contributed by atoms with van der Waals surface area (Å²) in [7, 11) is 0. The molecule has 6 heteroatoms. The molecular formula is C13H13N3O3.